The van der Waals surface area contributed by atoms with Crippen molar-refractivity contribution in [3.63, 3.8) is 0 Å². The van der Waals surface area contributed by atoms with Crippen LogP contribution in [-0.4, -0.2) is 69.7 Å². The minimum absolute atomic E-state index is 0.0523. The summed E-state index contributed by atoms with van der Waals surface area (Å²) in [6.45, 7) is 6.71. The summed E-state index contributed by atoms with van der Waals surface area (Å²) in [5.74, 6) is -1.13. The van der Waals surface area contributed by atoms with Gasteiger partial charge in [0.2, 0.25) is 0 Å². The number of hydrogen-bond donors (Lipinski definition) is 3. The number of aliphatic hydroxyl groups excluding tert-OH is 2. The molecule has 2 rings (SSSR count). The van der Waals surface area contributed by atoms with Gasteiger partial charge in [-0.1, -0.05) is 13.8 Å². The van der Waals surface area contributed by atoms with Gasteiger partial charge in [-0.25, -0.2) is 4.79 Å². The Morgan fingerprint density at radius 1 is 1.33 bits per heavy atom. The third-order valence-electron chi connectivity index (χ3n) is 5.07. The lowest BCUT2D eigenvalue weighted by molar-refractivity contribution is -0.186. The number of carbonyl (C=O) groups excluding carboxylic acids is 1. The molecule has 2 fully saturated rings. The van der Waals surface area contributed by atoms with Crippen molar-refractivity contribution in [2.45, 2.75) is 57.5 Å². The van der Waals surface area contributed by atoms with E-state index in [1.165, 1.54) is 6.92 Å². The first-order chi connectivity index (χ1) is 9.78. The molecule has 2 heterocycles. The molecule has 0 aliphatic carbocycles. The summed E-state index contributed by atoms with van der Waals surface area (Å²) in [6, 6.07) is 0.0523. The van der Waals surface area contributed by atoms with E-state index in [2.05, 4.69) is 4.90 Å². The molecule has 0 aromatic carbocycles. The van der Waals surface area contributed by atoms with E-state index in [-0.39, 0.29) is 24.7 Å². The van der Waals surface area contributed by atoms with E-state index in [1.54, 1.807) is 13.8 Å². The first-order valence-electron chi connectivity index (χ1n) is 7.78. The normalized spacial score (nSPS) is 33.8. The van der Waals surface area contributed by atoms with Gasteiger partial charge in [0.05, 0.1) is 18.8 Å². The molecule has 0 amide bonds. The summed E-state index contributed by atoms with van der Waals surface area (Å²) in [5.41, 5.74) is -1.88. The number of nitrogens with zero attached hydrogens (tertiary/aromatic N) is 1. The lowest BCUT2D eigenvalue weighted by atomic mass is 9.85. The second-order valence-electron chi connectivity index (χ2n) is 6.69. The summed E-state index contributed by atoms with van der Waals surface area (Å²) in [5, 5.41) is 30.1. The zero-order valence-electron chi connectivity index (χ0n) is 13.0. The predicted octanol–water partition coefficient (Wildman–Crippen LogP) is -0.247. The molecule has 1 unspecified atom stereocenters. The van der Waals surface area contributed by atoms with Crippen LogP contribution < -0.4 is 0 Å². The maximum atomic E-state index is 12.2. The molecule has 6 nitrogen and oxygen atoms in total. The molecule has 6 heteroatoms. The van der Waals surface area contributed by atoms with Gasteiger partial charge < -0.3 is 20.1 Å². The molecule has 0 bridgehead atoms. The van der Waals surface area contributed by atoms with Gasteiger partial charge in [-0.05, 0) is 32.2 Å². The lowest BCUT2D eigenvalue weighted by Gasteiger charge is -2.33. The predicted molar refractivity (Wildman–Crippen MR) is 76.5 cm³/mol. The van der Waals surface area contributed by atoms with Crippen LogP contribution in [0.25, 0.3) is 0 Å². The molecule has 2 aliphatic heterocycles. The highest BCUT2D eigenvalue weighted by Gasteiger charge is 2.47. The molecule has 2 saturated heterocycles. The molecule has 0 spiro atoms. The highest BCUT2D eigenvalue weighted by molar-refractivity contribution is 5.80. The van der Waals surface area contributed by atoms with E-state index in [1.807, 2.05) is 0 Å². The standard InChI is InChI=1S/C15H27NO5/c1-9(2)15(20,10(3)17)14(19)21-8-11-4-6-16-7-5-12(18)13(11)16/h9-13,17-18,20H,4-8H2,1-3H3/t10-,11?,12+,13+,15+/m0/s1. The van der Waals surface area contributed by atoms with E-state index in [9.17, 15) is 20.1 Å². The van der Waals surface area contributed by atoms with E-state index in [4.69, 9.17) is 4.74 Å². The van der Waals surface area contributed by atoms with E-state index in [0.29, 0.717) is 0 Å². The summed E-state index contributed by atoms with van der Waals surface area (Å²) >= 11 is 0. The Labute approximate surface area is 125 Å². The fraction of sp³-hybridized carbons (Fsp3) is 0.933. The molecule has 2 aliphatic rings. The van der Waals surface area contributed by atoms with Crippen LogP contribution in [0.3, 0.4) is 0 Å². The fourth-order valence-electron chi connectivity index (χ4n) is 3.61. The average Bonchev–Trinajstić information content (AvgIpc) is 2.98. The van der Waals surface area contributed by atoms with Gasteiger partial charge in [-0.15, -0.1) is 0 Å². The topological polar surface area (TPSA) is 90.2 Å². The second kappa shape index (κ2) is 6.20. The van der Waals surface area contributed by atoms with Crippen molar-refractivity contribution in [1.29, 1.82) is 0 Å². The average molecular weight is 301 g/mol. The molecule has 122 valence electrons. The van der Waals surface area contributed by atoms with Crippen molar-refractivity contribution < 1.29 is 24.9 Å². The number of rotatable bonds is 5. The van der Waals surface area contributed by atoms with Gasteiger partial charge in [0.25, 0.3) is 0 Å². The Morgan fingerprint density at radius 2 is 1.95 bits per heavy atom. The third kappa shape index (κ3) is 2.95. The fourth-order valence-corrected chi connectivity index (χ4v) is 3.61. The zero-order valence-corrected chi connectivity index (χ0v) is 13.0. The highest BCUT2D eigenvalue weighted by Crippen LogP contribution is 2.33. The number of fused-ring (bicyclic) bond motifs is 1. The van der Waals surface area contributed by atoms with Crippen molar-refractivity contribution in [2.75, 3.05) is 19.7 Å². The smallest absolute Gasteiger partial charge is 0.341 e. The van der Waals surface area contributed by atoms with Crippen LogP contribution in [-0.2, 0) is 9.53 Å². The molecule has 0 aromatic heterocycles. The molecule has 0 aromatic rings. The summed E-state index contributed by atoms with van der Waals surface area (Å²) in [4.78, 5) is 14.4. The van der Waals surface area contributed by atoms with Gasteiger partial charge in [-0.3, -0.25) is 4.90 Å². The van der Waals surface area contributed by atoms with Crippen LogP contribution in [0.2, 0.25) is 0 Å². The Balaban J connectivity index is 1.95. The van der Waals surface area contributed by atoms with E-state index < -0.39 is 23.6 Å². The first-order valence-corrected chi connectivity index (χ1v) is 7.78. The van der Waals surface area contributed by atoms with Crippen LogP contribution in [0.1, 0.15) is 33.6 Å². The van der Waals surface area contributed by atoms with Crippen LogP contribution in [0, 0.1) is 11.8 Å². The molecule has 21 heavy (non-hydrogen) atoms. The van der Waals surface area contributed by atoms with Crippen molar-refractivity contribution in [3.8, 4) is 0 Å². The first kappa shape index (κ1) is 16.7. The second-order valence-corrected chi connectivity index (χ2v) is 6.69. The monoisotopic (exact) mass is 301 g/mol. The van der Waals surface area contributed by atoms with Crippen molar-refractivity contribution >= 4 is 5.97 Å². The Hall–Kier alpha value is -0.690. The Kier molecular flexibility index (Phi) is 4.92. The molecular weight excluding hydrogens is 274 g/mol. The maximum absolute atomic E-state index is 12.2. The Bertz CT molecular complexity index is 376. The van der Waals surface area contributed by atoms with Crippen molar-refractivity contribution in [2.24, 2.45) is 11.8 Å². The van der Waals surface area contributed by atoms with E-state index in [0.717, 1.165) is 25.9 Å². The molecular formula is C15H27NO5. The number of ether oxygens (including phenoxy) is 1. The minimum Gasteiger partial charge on any atom is -0.463 e. The van der Waals surface area contributed by atoms with Gasteiger partial charge in [-0.2, -0.15) is 0 Å². The number of esters is 1. The zero-order chi connectivity index (χ0) is 15.8. The van der Waals surface area contributed by atoms with E-state index >= 15 is 0 Å². The minimum atomic E-state index is -1.88. The lowest BCUT2D eigenvalue weighted by Crippen LogP contribution is -2.53. The SMILES string of the molecule is CC(C)[C@](O)(C(=O)OCC1CCN2CC[C@@H](O)[C@@H]12)[C@H](C)O. The van der Waals surface area contributed by atoms with Crippen LogP contribution >= 0.6 is 0 Å². The van der Waals surface area contributed by atoms with Gasteiger partial charge >= 0.3 is 5.97 Å². The summed E-state index contributed by atoms with van der Waals surface area (Å²) in [6.07, 6.45) is 0.0850. The maximum Gasteiger partial charge on any atom is 0.341 e. The van der Waals surface area contributed by atoms with Gasteiger partial charge in [0, 0.05) is 18.5 Å². The molecule has 3 N–H and O–H groups in total. The molecule has 5 atom stereocenters. The quantitative estimate of drug-likeness (QED) is 0.607. The summed E-state index contributed by atoms with van der Waals surface area (Å²) < 4.78 is 5.28. The summed E-state index contributed by atoms with van der Waals surface area (Å²) in [7, 11) is 0. The number of aliphatic hydroxyl groups is 3. The Morgan fingerprint density at radius 3 is 2.52 bits per heavy atom. The van der Waals surface area contributed by atoms with Crippen LogP contribution in [0.5, 0.6) is 0 Å². The van der Waals surface area contributed by atoms with Crippen molar-refractivity contribution in [3.05, 3.63) is 0 Å². The largest absolute Gasteiger partial charge is 0.463 e. The van der Waals surface area contributed by atoms with Gasteiger partial charge in [0.15, 0.2) is 5.60 Å². The van der Waals surface area contributed by atoms with Gasteiger partial charge in [0.1, 0.15) is 0 Å². The highest BCUT2D eigenvalue weighted by atomic mass is 16.6. The van der Waals surface area contributed by atoms with Crippen molar-refractivity contribution in [1.82, 2.24) is 4.90 Å². The molecule has 0 radical (unpaired) electrons. The third-order valence-corrected chi connectivity index (χ3v) is 5.07. The number of hydrogen-bond acceptors (Lipinski definition) is 6. The number of carbonyl (C=O) groups is 1. The van der Waals surface area contributed by atoms with Crippen LogP contribution in [0.4, 0.5) is 0 Å². The molecule has 0 saturated carbocycles. The van der Waals surface area contributed by atoms with Crippen LogP contribution in [0.15, 0.2) is 0 Å².